The van der Waals surface area contributed by atoms with Crippen molar-refractivity contribution < 1.29 is 14.7 Å². The van der Waals surface area contributed by atoms with E-state index in [-0.39, 0.29) is 12.5 Å². The minimum absolute atomic E-state index is 0.148. The van der Waals surface area contributed by atoms with E-state index >= 15 is 0 Å². The first-order valence-corrected chi connectivity index (χ1v) is 7.99. The molecule has 0 bridgehead atoms. The maximum atomic E-state index is 12.1. The van der Waals surface area contributed by atoms with Crippen LogP contribution in [0.15, 0.2) is 29.6 Å². The molecule has 0 aliphatic heterocycles. The smallest absolute Gasteiger partial charge is 0.311 e. The van der Waals surface area contributed by atoms with E-state index in [1.165, 1.54) is 11.3 Å². The van der Waals surface area contributed by atoms with Crippen molar-refractivity contribution in [2.24, 2.45) is 5.41 Å². The lowest BCUT2D eigenvalue weighted by molar-refractivity contribution is -0.143. The average molecular weight is 337 g/mol. The van der Waals surface area contributed by atoms with Gasteiger partial charge in [-0.2, -0.15) is 0 Å². The molecule has 1 aromatic heterocycles. The highest BCUT2D eigenvalue weighted by atomic mass is 35.5. The van der Waals surface area contributed by atoms with E-state index in [1.807, 2.05) is 12.1 Å². The van der Waals surface area contributed by atoms with E-state index in [9.17, 15) is 9.59 Å². The Morgan fingerprint density at radius 3 is 2.59 bits per heavy atom. The Kier molecular flexibility index (Phi) is 3.88. The number of nitrogens with zero attached hydrogens (tertiary/aromatic N) is 1. The molecular formula is C15H13ClN2O3S. The van der Waals surface area contributed by atoms with Crippen molar-refractivity contribution in [1.82, 2.24) is 10.3 Å². The third-order valence-electron chi connectivity index (χ3n) is 3.72. The van der Waals surface area contributed by atoms with E-state index in [4.69, 9.17) is 16.7 Å². The Morgan fingerprint density at radius 1 is 1.32 bits per heavy atom. The van der Waals surface area contributed by atoms with Crippen LogP contribution in [-0.2, 0) is 4.79 Å². The van der Waals surface area contributed by atoms with Crippen LogP contribution in [0.4, 0.5) is 0 Å². The number of aliphatic carboxylic acids is 1. The van der Waals surface area contributed by atoms with Gasteiger partial charge in [-0.05, 0) is 25.0 Å². The zero-order chi connectivity index (χ0) is 15.7. The number of amides is 1. The standard InChI is InChI=1S/C15H13ClN2O3S/c16-10-3-1-9(2-4-10)13-18-11(7-22-13)12(19)17-8-15(5-6-15)14(20)21/h1-4,7H,5-6,8H2,(H,17,19)(H,20,21). The molecule has 5 nitrogen and oxygen atoms in total. The van der Waals surface area contributed by atoms with Gasteiger partial charge in [-0.15, -0.1) is 11.3 Å². The number of halogens is 1. The molecule has 1 saturated carbocycles. The lowest BCUT2D eigenvalue weighted by atomic mass is 10.1. The monoisotopic (exact) mass is 336 g/mol. The van der Waals surface area contributed by atoms with E-state index < -0.39 is 11.4 Å². The van der Waals surface area contributed by atoms with Crippen LogP contribution in [0.1, 0.15) is 23.3 Å². The number of nitrogens with one attached hydrogen (secondary N) is 1. The highest BCUT2D eigenvalue weighted by molar-refractivity contribution is 7.13. The third-order valence-corrected chi connectivity index (χ3v) is 4.87. The van der Waals surface area contributed by atoms with Crippen molar-refractivity contribution in [3.8, 4) is 10.6 Å². The molecule has 0 unspecified atom stereocenters. The molecule has 0 atom stereocenters. The summed E-state index contributed by atoms with van der Waals surface area (Å²) in [6, 6.07) is 7.21. The number of hydrogen-bond acceptors (Lipinski definition) is 4. The molecule has 1 fully saturated rings. The molecule has 0 radical (unpaired) electrons. The molecule has 1 heterocycles. The van der Waals surface area contributed by atoms with Gasteiger partial charge in [-0.3, -0.25) is 9.59 Å². The van der Waals surface area contributed by atoms with Crippen LogP contribution in [-0.4, -0.2) is 28.5 Å². The Balaban J connectivity index is 1.67. The quantitative estimate of drug-likeness (QED) is 0.879. The predicted molar refractivity (Wildman–Crippen MR) is 84.2 cm³/mol. The number of aromatic nitrogens is 1. The molecule has 114 valence electrons. The normalized spacial score (nSPS) is 15.3. The third kappa shape index (κ3) is 2.98. The summed E-state index contributed by atoms with van der Waals surface area (Å²) < 4.78 is 0. The zero-order valence-corrected chi connectivity index (χ0v) is 13.1. The van der Waals surface area contributed by atoms with E-state index in [0.717, 1.165) is 10.6 Å². The summed E-state index contributed by atoms with van der Waals surface area (Å²) in [6.45, 7) is 0.148. The number of benzene rings is 1. The van der Waals surface area contributed by atoms with Crippen molar-refractivity contribution in [2.45, 2.75) is 12.8 Å². The summed E-state index contributed by atoms with van der Waals surface area (Å²) >= 11 is 7.20. The molecule has 22 heavy (non-hydrogen) atoms. The number of carbonyl (C=O) groups is 2. The summed E-state index contributed by atoms with van der Waals surface area (Å²) in [5, 5.41) is 14.8. The van der Waals surface area contributed by atoms with Crippen LogP contribution in [0.3, 0.4) is 0 Å². The first-order chi connectivity index (χ1) is 10.5. The molecule has 1 aromatic carbocycles. The van der Waals surface area contributed by atoms with E-state index in [1.54, 1.807) is 17.5 Å². The van der Waals surface area contributed by atoms with Gasteiger partial charge in [0.15, 0.2) is 0 Å². The van der Waals surface area contributed by atoms with Gasteiger partial charge in [-0.25, -0.2) is 4.98 Å². The van der Waals surface area contributed by atoms with Crippen LogP contribution in [0, 0.1) is 5.41 Å². The van der Waals surface area contributed by atoms with Crippen LogP contribution >= 0.6 is 22.9 Å². The fourth-order valence-corrected chi connectivity index (χ4v) is 2.99. The van der Waals surface area contributed by atoms with Crippen LogP contribution in [0.2, 0.25) is 5.02 Å². The molecular weight excluding hydrogens is 324 g/mol. The Morgan fingerprint density at radius 2 is 2.00 bits per heavy atom. The molecule has 2 N–H and O–H groups in total. The summed E-state index contributed by atoms with van der Waals surface area (Å²) in [6.07, 6.45) is 1.21. The summed E-state index contributed by atoms with van der Waals surface area (Å²) in [7, 11) is 0. The van der Waals surface area contributed by atoms with Crippen molar-refractivity contribution in [3.05, 3.63) is 40.4 Å². The Labute approximate surface area is 136 Å². The van der Waals surface area contributed by atoms with Gasteiger partial charge in [0.1, 0.15) is 10.7 Å². The van der Waals surface area contributed by atoms with Gasteiger partial charge in [-0.1, -0.05) is 23.7 Å². The first-order valence-electron chi connectivity index (χ1n) is 6.73. The first kappa shape index (κ1) is 15.0. The lowest BCUT2D eigenvalue weighted by Crippen LogP contribution is -2.34. The summed E-state index contributed by atoms with van der Waals surface area (Å²) in [5.41, 5.74) is 0.416. The highest BCUT2D eigenvalue weighted by Crippen LogP contribution is 2.45. The topological polar surface area (TPSA) is 79.3 Å². The van der Waals surface area contributed by atoms with Gasteiger partial charge in [0.2, 0.25) is 0 Å². The molecule has 0 saturated heterocycles. The Hall–Kier alpha value is -1.92. The molecule has 1 aliphatic rings. The zero-order valence-electron chi connectivity index (χ0n) is 11.5. The van der Waals surface area contributed by atoms with Gasteiger partial charge in [0.05, 0.1) is 5.41 Å². The molecule has 7 heteroatoms. The number of hydrogen-bond donors (Lipinski definition) is 2. The van der Waals surface area contributed by atoms with Gasteiger partial charge >= 0.3 is 5.97 Å². The lowest BCUT2D eigenvalue weighted by Gasteiger charge is -2.09. The minimum atomic E-state index is -0.854. The number of carboxylic acids is 1. The number of thiazole rings is 1. The second-order valence-electron chi connectivity index (χ2n) is 5.31. The largest absolute Gasteiger partial charge is 0.481 e. The highest BCUT2D eigenvalue weighted by Gasteiger charge is 2.50. The summed E-state index contributed by atoms with van der Waals surface area (Å²) in [4.78, 5) is 27.4. The Bertz CT molecular complexity index is 723. The fourth-order valence-electron chi connectivity index (χ4n) is 2.06. The second-order valence-corrected chi connectivity index (χ2v) is 6.61. The number of carbonyl (C=O) groups excluding carboxylic acids is 1. The molecule has 2 aromatic rings. The van der Waals surface area contributed by atoms with Gasteiger partial charge in [0, 0.05) is 22.5 Å². The molecule has 1 aliphatic carbocycles. The second kappa shape index (κ2) is 5.70. The van der Waals surface area contributed by atoms with Gasteiger partial charge < -0.3 is 10.4 Å². The average Bonchev–Trinajstić information content (AvgIpc) is 3.15. The SMILES string of the molecule is O=C(NCC1(C(=O)O)CC1)c1csc(-c2ccc(Cl)cc2)n1. The van der Waals surface area contributed by atoms with Crippen molar-refractivity contribution >= 4 is 34.8 Å². The molecule has 3 rings (SSSR count). The fraction of sp³-hybridized carbons (Fsp3) is 0.267. The maximum Gasteiger partial charge on any atom is 0.311 e. The van der Waals surface area contributed by atoms with Crippen molar-refractivity contribution in [3.63, 3.8) is 0 Å². The molecule has 0 spiro atoms. The number of rotatable bonds is 5. The van der Waals surface area contributed by atoms with E-state index in [2.05, 4.69) is 10.3 Å². The number of carboxylic acid groups (broad SMARTS) is 1. The van der Waals surface area contributed by atoms with Crippen LogP contribution < -0.4 is 5.32 Å². The van der Waals surface area contributed by atoms with Crippen molar-refractivity contribution in [1.29, 1.82) is 0 Å². The maximum absolute atomic E-state index is 12.1. The summed E-state index contributed by atoms with van der Waals surface area (Å²) in [5.74, 6) is -1.20. The predicted octanol–water partition coefficient (Wildman–Crippen LogP) is 3.06. The van der Waals surface area contributed by atoms with E-state index in [0.29, 0.717) is 23.6 Å². The van der Waals surface area contributed by atoms with Crippen LogP contribution in [0.25, 0.3) is 10.6 Å². The van der Waals surface area contributed by atoms with Crippen LogP contribution in [0.5, 0.6) is 0 Å². The molecule has 1 amide bonds. The van der Waals surface area contributed by atoms with Gasteiger partial charge in [0.25, 0.3) is 5.91 Å². The van der Waals surface area contributed by atoms with Crippen molar-refractivity contribution in [2.75, 3.05) is 6.54 Å². The minimum Gasteiger partial charge on any atom is -0.481 e.